The molecule has 0 aromatic heterocycles. The number of Topliss-reactive ketones (excluding diaryl/α,β-unsaturated/α-hetero) is 3. The molecule has 3 rings (SSSR count). The van der Waals surface area contributed by atoms with Gasteiger partial charge in [-0.3, -0.25) is 19.2 Å². The van der Waals surface area contributed by atoms with Gasteiger partial charge in [0.05, 0.1) is 5.57 Å². The summed E-state index contributed by atoms with van der Waals surface area (Å²) in [6, 6.07) is 5.43. The minimum atomic E-state index is -0.495. The van der Waals surface area contributed by atoms with E-state index in [1.807, 2.05) is 6.07 Å². The van der Waals surface area contributed by atoms with Gasteiger partial charge in [0.25, 0.3) is 0 Å². The fourth-order valence-corrected chi connectivity index (χ4v) is 3.99. The zero-order valence-electron chi connectivity index (χ0n) is 15.9. The van der Waals surface area contributed by atoms with Crippen LogP contribution in [0.3, 0.4) is 0 Å². The summed E-state index contributed by atoms with van der Waals surface area (Å²) in [6.07, 6.45) is 4.27. The van der Waals surface area contributed by atoms with Crippen LogP contribution in [0.4, 0.5) is 0 Å². The van der Waals surface area contributed by atoms with Crippen LogP contribution in [0.1, 0.15) is 41.3 Å². The molecular weight excluding hydrogens is 354 g/mol. The summed E-state index contributed by atoms with van der Waals surface area (Å²) in [5.41, 5.74) is 2.90. The first-order chi connectivity index (χ1) is 13.3. The third-order valence-corrected chi connectivity index (χ3v) is 5.60. The molecule has 1 amide bonds. The van der Waals surface area contributed by atoms with Crippen LogP contribution in [0.2, 0.25) is 0 Å². The highest BCUT2D eigenvalue weighted by Gasteiger charge is 2.43. The maximum absolute atomic E-state index is 12.9. The van der Waals surface area contributed by atoms with Crippen LogP contribution in [0.5, 0.6) is 0 Å². The fraction of sp³-hybridized carbons (Fsp3) is 0.304. The first-order valence-corrected chi connectivity index (χ1v) is 9.34. The monoisotopic (exact) mass is 377 g/mol. The van der Waals surface area contributed by atoms with E-state index in [0.29, 0.717) is 30.5 Å². The topological polar surface area (TPSA) is 80.3 Å². The van der Waals surface area contributed by atoms with E-state index < -0.39 is 11.8 Å². The summed E-state index contributed by atoms with van der Waals surface area (Å²) in [5, 5.41) is 2.85. The third-order valence-electron chi connectivity index (χ3n) is 5.60. The number of rotatable bonds is 5. The highest BCUT2D eigenvalue weighted by Crippen LogP contribution is 2.38. The van der Waals surface area contributed by atoms with Gasteiger partial charge in [0.2, 0.25) is 5.91 Å². The molecule has 1 fully saturated rings. The Kier molecular flexibility index (Phi) is 5.54. The van der Waals surface area contributed by atoms with E-state index in [0.717, 1.165) is 11.1 Å². The van der Waals surface area contributed by atoms with E-state index in [4.69, 9.17) is 0 Å². The van der Waals surface area contributed by atoms with Crippen molar-refractivity contribution in [3.8, 4) is 0 Å². The summed E-state index contributed by atoms with van der Waals surface area (Å²) in [4.78, 5) is 49.3. The molecule has 2 aliphatic rings. The zero-order chi connectivity index (χ0) is 20.4. The lowest BCUT2D eigenvalue weighted by Crippen LogP contribution is -2.35. The number of hydrogen-bond donors (Lipinski definition) is 1. The van der Waals surface area contributed by atoms with Gasteiger partial charge in [-0.2, -0.15) is 0 Å². The molecule has 0 spiro atoms. The van der Waals surface area contributed by atoms with Crippen molar-refractivity contribution in [1.82, 2.24) is 5.32 Å². The van der Waals surface area contributed by atoms with Crippen LogP contribution in [0, 0.1) is 11.8 Å². The van der Waals surface area contributed by atoms with Gasteiger partial charge in [-0.15, -0.1) is 0 Å². The molecule has 1 aromatic carbocycles. The SMILES string of the molecule is C=C/C=C(\C)C(=O)NCc1cccc2c1CC(C1CCC(=O)C(=C)C1=O)C2=O. The number of amides is 1. The molecule has 2 atom stereocenters. The Morgan fingerprint density at radius 1 is 1.21 bits per heavy atom. The first-order valence-electron chi connectivity index (χ1n) is 9.34. The molecule has 0 heterocycles. The largest absolute Gasteiger partial charge is 0.348 e. The van der Waals surface area contributed by atoms with Gasteiger partial charge in [0, 0.05) is 35.9 Å². The second-order valence-corrected chi connectivity index (χ2v) is 7.30. The highest BCUT2D eigenvalue weighted by molar-refractivity contribution is 6.23. The van der Waals surface area contributed by atoms with Crippen LogP contribution in [-0.2, 0) is 27.3 Å². The van der Waals surface area contributed by atoms with Crippen LogP contribution >= 0.6 is 0 Å². The summed E-state index contributed by atoms with van der Waals surface area (Å²) >= 11 is 0. The minimum Gasteiger partial charge on any atom is -0.348 e. The normalized spacial score (nSPS) is 22.2. The molecule has 1 saturated carbocycles. The standard InChI is InChI=1S/C23H23NO4/c1-4-6-13(2)23(28)24-12-15-7-5-8-16-18(15)11-19(22(16)27)17-9-10-20(25)14(3)21(17)26/h4-8,17,19H,1,3,9-12H2,2H3,(H,24,28)/b13-6+. The second kappa shape index (κ2) is 7.89. The lowest BCUT2D eigenvalue weighted by atomic mass is 9.75. The number of nitrogens with one attached hydrogen (secondary N) is 1. The summed E-state index contributed by atoms with van der Waals surface area (Å²) in [5.74, 6) is -1.75. The maximum Gasteiger partial charge on any atom is 0.247 e. The van der Waals surface area contributed by atoms with Crippen molar-refractivity contribution in [2.75, 3.05) is 0 Å². The van der Waals surface area contributed by atoms with Crippen LogP contribution in [0.15, 0.2) is 54.7 Å². The summed E-state index contributed by atoms with van der Waals surface area (Å²) in [7, 11) is 0. The Morgan fingerprint density at radius 3 is 2.68 bits per heavy atom. The number of allylic oxidation sites excluding steroid dienone is 3. The summed E-state index contributed by atoms with van der Waals surface area (Å²) < 4.78 is 0. The van der Waals surface area contributed by atoms with Gasteiger partial charge < -0.3 is 5.32 Å². The van der Waals surface area contributed by atoms with Gasteiger partial charge in [-0.25, -0.2) is 0 Å². The van der Waals surface area contributed by atoms with Crippen LogP contribution in [-0.4, -0.2) is 23.3 Å². The fourth-order valence-electron chi connectivity index (χ4n) is 3.99. The molecule has 0 aliphatic heterocycles. The van der Waals surface area contributed by atoms with Crippen molar-refractivity contribution in [1.29, 1.82) is 0 Å². The molecule has 144 valence electrons. The molecule has 0 radical (unpaired) electrons. The number of hydrogen-bond acceptors (Lipinski definition) is 4. The van der Waals surface area contributed by atoms with Gasteiger partial charge in [0.1, 0.15) is 0 Å². The molecule has 0 saturated heterocycles. The van der Waals surface area contributed by atoms with E-state index >= 15 is 0 Å². The third kappa shape index (κ3) is 3.52. The number of fused-ring (bicyclic) bond motifs is 1. The van der Waals surface area contributed by atoms with Gasteiger partial charge in [0.15, 0.2) is 17.3 Å². The van der Waals surface area contributed by atoms with E-state index in [-0.39, 0.29) is 35.3 Å². The molecule has 0 bridgehead atoms. The Balaban J connectivity index is 1.79. The van der Waals surface area contributed by atoms with Crippen molar-refractivity contribution in [2.45, 2.75) is 32.7 Å². The van der Waals surface area contributed by atoms with E-state index in [1.165, 1.54) is 0 Å². The number of carbonyl (C=O) groups is 4. The number of ketones is 3. The molecule has 2 aliphatic carbocycles. The first kappa shape index (κ1) is 19.7. The Hall–Kier alpha value is -3.08. The predicted octanol–water partition coefficient (Wildman–Crippen LogP) is 2.89. The number of carbonyl (C=O) groups excluding carboxylic acids is 4. The van der Waals surface area contributed by atoms with E-state index in [1.54, 1.807) is 31.2 Å². The molecule has 2 unspecified atom stereocenters. The van der Waals surface area contributed by atoms with Gasteiger partial charge >= 0.3 is 0 Å². The van der Waals surface area contributed by atoms with Gasteiger partial charge in [-0.1, -0.05) is 43.5 Å². The molecular formula is C23H23NO4. The summed E-state index contributed by atoms with van der Waals surface area (Å²) in [6.45, 7) is 9.18. The predicted molar refractivity (Wildman–Crippen MR) is 106 cm³/mol. The molecule has 1 aromatic rings. The molecule has 5 nitrogen and oxygen atoms in total. The smallest absolute Gasteiger partial charge is 0.247 e. The quantitative estimate of drug-likeness (QED) is 0.486. The average Bonchev–Trinajstić information content (AvgIpc) is 3.01. The van der Waals surface area contributed by atoms with Crippen molar-refractivity contribution < 1.29 is 19.2 Å². The zero-order valence-corrected chi connectivity index (χ0v) is 15.9. The van der Waals surface area contributed by atoms with E-state index in [9.17, 15) is 19.2 Å². The van der Waals surface area contributed by atoms with Crippen molar-refractivity contribution >= 4 is 23.3 Å². The average molecular weight is 377 g/mol. The number of benzene rings is 1. The lowest BCUT2D eigenvalue weighted by Gasteiger charge is -2.25. The van der Waals surface area contributed by atoms with Crippen molar-refractivity contribution in [3.05, 3.63) is 71.3 Å². The molecule has 28 heavy (non-hydrogen) atoms. The Labute approximate surface area is 164 Å². The van der Waals surface area contributed by atoms with Crippen molar-refractivity contribution in [3.63, 3.8) is 0 Å². The van der Waals surface area contributed by atoms with Crippen molar-refractivity contribution in [2.24, 2.45) is 11.8 Å². The highest BCUT2D eigenvalue weighted by atomic mass is 16.2. The maximum atomic E-state index is 12.9. The second-order valence-electron chi connectivity index (χ2n) is 7.30. The van der Waals surface area contributed by atoms with Crippen LogP contribution < -0.4 is 5.32 Å². The Bertz CT molecular complexity index is 938. The molecule has 1 N–H and O–H groups in total. The minimum absolute atomic E-state index is 0.0111. The van der Waals surface area contributed by atoms with E-state index in [2.05, 4.69) is 18.5 Å². The molecule has 5 heteroatoms. The Morgan fingerprint density at radius 2 is 1.96 bits per heavy atom. The van der Waals surface area contributed by atoms with Crippen LogP contribution in [0.25, 0.3) is 0 Å². The van der Waals surface area contributed by atoms with Gasteiger partial charge in [-0.05, 0) is 30.9 Å². The lowest BCUT2D eigenvalue weighted by molar-refractivity contribution is -0.127.